The Kier molecular flexibility index (Phi) is 5.16. The molecule has 0 bridgehead atoms. The third-order valence-corrected chi connectivity index (χ3v) is 5.57. The number of halogens is 1. The number of fused-ring (bicyclic) bond motifs is 1. The van der Waals surface area contributed by atoms with Crippen molar-refractivity contribution in [2.24, 2.45) is 0 Å². The van der Waals surface area contributed by atoms with E-state index in [4.69, 9.17) is 4.74 Å². The minimum absolute atomic E-state index is 0.242. The Morgan fingerprint density at radius 2 is 1.86 bits per heavy atom. The Hall–Kier alpha value is -3.07. The molecule has 4 rings (SSSR count). The second-order valence-electron chi connectivity index (χ2n) is 6.29. The summed E-state index contributed by atoms with van der Waals surface area (Å²) >= 11 is 1.21. The van der Waals surface area contributed by atoms with E-state index < -0.39 is 5.97 Å². The van der Waals surface area contributed by atoms with E-state index in [1.54, 1.807) is 35.5 Å². The Bertz CT molecular complexity index is 1000. The van der Waals surface area contributed by atoms with Gasteiger partial charge in [-0.1, -0.05) is 0 Å². The summed E-state index contributed by atoms with van der Waals surface area (Å²) in [5, 5.41) is 0.641. The van der Waals surface area contributed by atoms with Crippen LogP contribution in [0.15, 0.2) is 42.7 Å². The molecule has 1 aromatic carbocycles. The second kappa shape index (κ2) is 7.89. The van der Waals surface area contributed by atoms with E-state index >= 15 is 0 Å². The van der Waals surface area contributed by atoms with Crippen LogP contribution < -0.4 is 4.90 Å². The van der Waals surface area contributed by atoms with Gasteiger partial charge in [0.1, 0.15) is 10.7 Å². The number of rotatable bonds is 4. The molecule has 28 heavy (non-hydrogen) atoms. The largest absolute Gasteiger partial charge is 0.451 e. The molecule has 3 heterocycles. The molecule has 1 amide bonds. The topological polar surface area (TPSA) is 75.6 Å². The van der Waals surface area contributed by atoms with E-state index in [9.17, 15) is 14.0 Å². The van der Waals surface area contributed by atoms with E-state index in [0.29, 0.717) is 42.4 Å². The molecule has 0 spiro atoms. The maximum Gasteiger partial charge on any atom is 0.348 e. The zero-order valence-electron chi connectivity index (χ0n) is 14.9. The van der Waals surface area contributed by atoms with Crippen LogP contribution in [0.5, 0.6) is 0 Å². The summed E-state index contributed by atoms with van der Waals surface area (Å²) in [6, 6.07) is 7.66. The number of hydrogen-bond donors (Lipinski definition) is 0. The number of carbonyl (C=O) groups excluding carboxylic acids is 2. The highest BCUT2D eigenvalue weighted by molar-refractivity contribution is 7.20. The van der Waals surface area contributed by atoms with Gasteiger partial charge in [-0.2, -0.15) is 0 Å². The number of ether oxygens (including phenoxy) is 1. The molecule has 144 valence electrons. The molecule has 3 aromatic rings. The number of anilines is 1. The fourth-order valence-corrected chi connectivity index (χ4v) is 3.95. The Morgan fingerprint density at radius 1 is 1.11 bits per heavy atom. The van der Waals surface area contributed by atoms with E-state index in [0.717, 1.165) is 4.70 Å². The molecule has 1 saturated heterocycles. The van der Waals surface area contributed by atoms with E-state index in [1.165, 1.54) is 23.5 Å². The average Bonchev–Trinajstić information content (AvgIpc) is 3.16. The normalized spacial score (nSPS) is 14.3. The van der Waals surface area contributed by atoms with Crippen LogP contribution in [0, 0.1) is 5.82 Å². The highest BCUT2D eigenvalue weighted by Gasteiger charge is 2.23. The van der Waals surface area contributed by atoms with Crippen molar-refractivity contribution in [2.45, 2.75) is 0 Å². The lowest BCUT2D eigenvalue weighted by Gasteiger charge is -2.34. The Morgan fingerprint density at radius 3 is 2.61 bits per heavy atom. The average molecular weight is 400 g/mol. The first-order valence-electron chi connectivity index (χ1n) is 8.76. The summed E-state index contributed by atoms with van der Waals surface area (Å²) in [5.74, 6) is -0.539. The van der Waals surface area contributed by atoms with Crippen molar-refractivity contribution in [3.8, 4) is 0 Å². The lowest BCUT2D eigenvalue weighted by Crippen LogP contribution is -2.50. The van der Waals surface area contributed by atoms with Crippen LogP contribution in [0.2, 0.25) is 0 Å². The molecule has 2 aromatic heterocycles. The lowest BCUT2D eigenvalue weighted by molar-refractivity contribution is -0.134. The zero-order chi connectivity index (χ0) is 19.5. The molecule has 0 atom stereocenters. The summed E-state index contributed by atoms with van der Waals surface area (Å²) in [6.45, 7) is 1.94. The summed E-state index contributed by atoms with van der Waals surface area (Å²) in [7, 11) is 0. The highest BCUT2D eigenvalue weighted by Crippen LogP contribution is 2.26. The molecule has 0 saturated carbocycles. The molecular weight excluding hydrogens is 383 g/mol. The van der Waals surface area contributed by atoms with Gasteiger partial charge in [-0.15, -0.1) is 11.3 Å². The number of carbonyl (C=O) groups is 2. The molecule has 1 aliphatic heterocycles. The van der Waals surface area contributed by atoms with Crippen molar-refractivity contribution in [3.05, 3.63) is 53.4 Å². The predicted octanol–water partition coefficient (Wildman–Crippen LogP) is 2.34. The summed E-state index contributed by atoms with van der Waals surface area (Å²) in [4.78, 5) is 37.0. The summed E-state index contributed by atoms with van der Waals surface area (Å²) in [5.41, 5.74) is 0. The number of piperazine rings is 1. The van der Waals surface area contributed by atoms with Crippen LogP contribution in [-0.2, 0) is 9.53 Å². The van der Waals surface area contributed by atoms with Gasteiger partial charge in [0.25, 0.3) is 5.91 Å². The van der Waals surface area contributed by atoms with Gasteiger partial charge in [-0.3, -0.25) is 4.79 Å². The molecule has 0 aliphatic carbocycles. The number of thiophene rings is 1. The highest BCUT2D eigenvalue weighted by atomic mass is 32.1. The van der Waals surface area contributed by atoms with E-state index in [1.807, 2.05) is 4.90 Å². The van der Waals surface area contributed by atoms with Crippen molar-refractivity contribution in [1.82, 2.24) is 14.9 Å². The van der Waals surface area contributed by atoms with Gasteiger partial charge in [-0.25, -0.2) is 19.2 Å². The number of benzene rings is 1. The second-order valence-corrected chi connectivity index (χ2v) is 7.37. The van der Waals surface area contributed by atoms with E-state index in [2.05, 4.69) is 9.97 Å². The fraction of sp³-hybridized carbons (Fsp3) is 0.263. The van der Waals surface area contributed by atoms with Crippen LogP contribution >= 0.6 is 11.3 Å². The van der Waals surface area contributed by atoms with Gasteiger partial charge < -0.3 is 14.5 Å². The van der Waals surface area contributed by atoms with Gasteiger partial charge >= 0.3 is 5.97 Å². The monoisotopic (exact) mass is 400 g/mol. The van der Waals surface area contributed by atoms with Gasteiger partial charge in [0.15, 0.2) is 6.61 Å². The number of nitrogens with zero attached hydrogens (tertiary/aromatic N) is 4. The molecular formula is C19H17FN4O3S. The van der Waals surface area contributed by atoms with Crippen LogP contribution in [-0.4, -0.2) is 59.5 Å². The van der Waals surface area contributed by atoms with Crippen LogP contribution in [0.25, 0.3) is 10.1 Å². The third-order valence-electron chi connectivity index (χ3n) is 4.47. The van der Waals surface area contributed by atoms with Crippen LogP contribution in [0.4, 0.5) is 10.3 Å². The van der Waals surface area contributed by atoms with Gasteiger partial charge in [0, 0.05) is 43.3 Å². The SMILES string of the molecule is O=C(OCC(=O)N1CCN(c2ncccn2)CC1)c1cc2cc(F)ccc2s1. The minimum Gasteiger partial charge on any atom is -0.451 e. The van der Waals surface area contributed by atoms with Crippen LogP contribution in [0.1, 0.15) is 9.67 Å². The Balaban J connectivity index is 1.30. The molecule has 0 N–H and O–H groups in total. The van der Waals surface area contributed by atoms with Crippen molar-refractivity contribution in [2.75, 3.05) is 37.7 Å². The quantitative estimate of drug-likeness (QED) is 0.626. The lowest BCUT2D eigenvalue weighted by atomic mass is 10.2. The smallest absolute Gasteiger partial charge is 0.348 e. The van der Waals surface area contributed by atoms with E-state index in [-0.39, 0.29) is 18.3 Å². The van der Waals surface area contributed by atoms with Crippen LogP contribution in [0.3, 0.4) is 0 Å². The minimum atomic E-state index is -0.578. The van der Waals surface area contributed by atoms with Crippen molar-refractivity contribution in [3.63, 3.8) is 0 Å². The summed E-state index contributed by atoms with van der Waals surface area (Å²) < 4.78 is 19.2. The van der Waals surface area contributed by atoms with Gasteiger partial charge in [-0.05, 0) is 35.7 Å². The van der Waals surface area contributed by atoms with Crippen molar-refractivity contribution >= 4 is 39.2 Å². The number of hydrogen-bond acceptors (Lipinski definition) is 7. The maximum atomic E-state index is 13.3. The maximum absolute atomic E-state index is 13.3. The first-order chi connectivity index (χ1) is 13.6. The fourth-order valence-electron chi connectivity index (χ4n) is 3.01. The number of aromatic nitrogens is 2. The van der Waals surface area contributed by atoms with Crippen molar-refractivity contribution in [1.29, 1.82) is 0 Å². The summed E-state index contributed by atoms with van der Waals surface area (Å²) in [6.07, 6.45) is 3.36. The van der Waals surface area contributed by atoms with Crippen molar-refractivity contribution < 1.29 is 18.7 Å². The third kappa shape index (κ3) is 3.94. The van der Waals surface area contributed by atoms with Gasteiger partial charge in [0.05, 0.1) is 0 Å². The van der Waals surface area contributed by atoms with Gasteiger partial charge in [0.2, 0.25) is 5.95 Å². The molecule has 1 fully saturated rings. The molecule has 7 nitrogen and oxygen atoms in total. The first-order valence-corrected chi connectivity index (χ1v) is 9.58. The predicted molar refractivity (Wildman–Crippen MR) is 103 cm³/mol. The molecule has 1 aliphatic rings. The molecule has 0 unspecified atom stereocenters. The first kappa shape index (κ1) is 18.3. The zero-order valence-corrected chi connectivity index (χ0v) is 15.7. The Labute approximate surface area is 164 Å². The standard InChI is InChI=1S/C19H17FN4O3S/c20-14-2-3-15-13(10-14)11-16(28-15)18(26)27-12-17(25)23-6-8-24(9-7-23)19-21-4-1-5-22-19/h1-5,10-11H,6-9,12H2. The molecule has 0 radical (unpaired) electrons. The number of amides is 1. The molecule has 9 heteroatoms. The number of esters is 1.